The Bertz CT molecular complexity index is 1720. The van der Waals surface area contributed by atoms with Crippen molar-refractivity contribution in [2.24, 2.45) is 28.6 Å². The monoisotopic (exact) mass is 648 g/mol. The second-order valence-corrected chi connectivity index (χ2v) is 14.5. The highest BCUT2D eigenvalue weighted by atomic mass is 32.2. The molecule has 242 valence electrons. The SMILES string of the molecule is CC(=O)OCSC(=O)[C@@]1(OC(=O)c2ccco2)CC[C@H]2[C@@H]3CCC4=Cc5c(cnn5-c5ccc(F)cc5)C[C@]4(C)[C@H]3[C@@H](O)C[C@@]21C. The van der Waals surface area contributed by atoms with E-state index >= 15 is 0 Å². The van der Waals surface area contributed by atoms with E-state index in [1.807, 2.05) is 17.8 Å². The molecule has 7 atom stereocenters. The lowest BCUT2D eigenvalue weighted by Crippen LogP contribution is -2.62. The van der Waals surface area contributed by atoms with Gasteiger partial charge in [-0.15, -0.1) is 0 Å². The van der Waals surface area contributed by atoms with Crippen LogP contribution in [0.1, 0.15) is 74.7 Å². The molecule has 2 aromatic heterocycles. The largest absolute Gasteiger partial charge is 0.457 e. The van der Waals surface area contributed by atoms with Crippen LogP contribution >= 0.6 is 11.8 Å². The third-order valence-corrected chi connectivity index (χ3v) is 12.2. The van der Waals surface area contributed by atoms with E-state index in [9.17, 15) is 23.9 Å². The van der Waals surface area contributed by atoms with Crippen LogP contribution in [0.3, 0.4) is 0 Å². The highest BCUT2D eigenvalue weighted by molar-refractivity contribution is 8.13. The number of aromatic nitrogens is 2. The summed E-state index contributed by atoms with van der Waals surface area (Å²) in [6.07, 6.45) is 8.25. The molecule has 2 heterocycles. The standard InChI is InChI=1S/C35H37FN2O7S/c1-20(39)44-19-46-32(42)35(45-31(41)29-5-4-14-43-29)13-12-26-25-11-6-22-15-27-21(18-37-38(27)24-9-7-23(36)8-10-24)16-33(22,2)30(25)28(40)17-34(26,35)3/h4-5,7-10,14-15,18,25-26,28,30,40H,6,11-13,16-17,19H2,1-3H3/t25-,26-,28-,30+,33-,34-,35-/m0/s1. The molecule has 4 aliphatic rings. The van der Waals surface area contributed by atoms with Crippen molar-refractivity contribution in [1.82, 2.24) is 9.78 Å². The zero-order valence-electron chi connectivity index (χ0n) is 26.0. The Morgan fingerprint density at radius 1 is 1.17 bits per heavy atom. The van der Waals surface area contributed by atoms with Crippen LogP contribution in [0.2, 0.25) is 0 Å². The predicted octanol–water partition coefficient (Wildman–Crippen LogP) is 6.13. The van der Waals surface area contributed by atoms with Crippen molar-refractivity contribution < 1.29 is 37.8 Å². The highest BCUT2D eigenvalue weighted by Crippen LogP contribution is 2.69. The van der Waals surface area contributed by atoms with E-state index in [0.29, 0.717) is 19.3 Å². The van der Waals surface area contributed by atoms with E-state index in [-0.39, 0.29) is 52.2 Å². The van der Waals surface area contributed by atoms with Gasteiger partial charge < -0.3 is 19.0 Å². The predicted molar refractivity (Wildman–Crippen MR) is 167 cm³/mol. The molecular formula is C35H37FN2O7S. The van der Waals surface area contributed by atoms with E-state index in [1.165, 1.54) is 37.0 Å². The minimum Gasteiger partial charge on any atom is -0.457 e. The molecule has 0 radical (unpaired) electrons. The summed E-state index contributed by atoms with van der Waals surface area (Å²) in [7, 11) is 0. The van der Waals surface area contributed by atoms with Gasteiger partial charge in [0.25, 0.3) is 0 Å². The van der Waals surface area contributed by atoms with E-state index in [4.69, 9.17) is 13.9 Å². The number of aliphatic hydroxyl groups is 1. The van der Waals surface area contributed by atoms with Crippen molar-refractivity contribution in [1.29, 1.82) is 0 Å². The van der Waals surface area contributed by atoms with Crippen LogP contribution in [0, 0.1) is 34.4 Å². The van der Waals surface area contributed by atoms with Gasteiger partial charge in [0.1, 0.15) is 11.8 Å². The first kappa shape index (κ1) is 30.9. The van der Waals surface area contributed by atoms with Gasteiger partial charge in [-0.3, -0.25) is 9.59 Å². The van der Waals surface area contributed by atoms with Crippen LogP contribution in [0.4, 0.5) is 4.39 Å². The molecule has 9 nitrogen and oxygen atoms in total. The molecule has 0 aliphatic heterocycles. The first-order valence-electron chi connectivity index (χ1n) is 15.8. The molecule has 46 heavy (non-hydrogen) atoms. The molecule has 1 N–H and O–H groups in total. The second kappa shape index (κ2) is 11.2. The van der Waals surface area contributed by atoms with Gasteiger partial charge in [-0.05, 0) is 121 Å². The number of hydrogen-bond donors (Lipinski definition) is 1. The number of aliphatic hydroxyl groups excluding tert-OH is 1. The van der Waals surface area contributed by atoms with Gasteiger partial charge in [0, 0.05) is 12.3 Å². The Hall–Kier alpha value is -3.70. The number of carbonyl (C=O) groups is 3. The number of allylic oxidation sites excluding steroid dienone is 1. The first-order valence-corrected chi connectivity index (χ1v) is 16.7. The summed E-state index contributed by atoms with van der Waals surface area (Å²) in [6, 6.07) is 9.37. The third-order valence-electron chi connectivity index (χ3n) is 11.4. The number of benzene rings is 1. The van der Waals surface area contributed by atoms with Crippen LogP contribution < -0.4 is 0 Å². The van der Waals surface area contributed by atoms with Crippen molar-refractivity contribution in [2.75, 3.05) is 5.94 Å². The maximum Gasteiger partial charge on any atom is 0.375 e. The smallest absolute Gasteiger partial charge is 0.375 e. The number of halogens is 1. The molecule has 0 unspecified atom stereocenters. The van der Waals surface area contributed by atoms with Crippen LogP contribution in [-0.4, -0.2) is 49.6 Å². The lowest BCUT2D eigenvalue weighted by Gasteiger charge is -2.60. The molecule has 1 aromatic carbocycles. The van der Waals surface area contributed by atoms with E-state index in [0.717, 1.165) is 41.5 Å². The summed E-state index contributed by atoms with van der Waals surface area (Å²) in [5.41, 5.74) is 1.36. The molecule has 3 aromatic rings. The minimum atomic E-state index is -1.54. The number of hydrogen-bond acceptors (Lipinski definition) is 9. The minimum absolute atomic E-state index is 0.00223. The summed E-state index contributed by atoms with van der Waals surface area (Å²) >= 11 is 0.825. The van der Waals surface area contributed by atoms with E-state index < -0.39 is 29.1 Å². The number of furan rings is 1. The molecule has 0 bridgehead atoms. The summed E-state index contributed by atoms with van der Waals surface area (Å²) in [6.45, 7) is 5.48. The molecule has 3 saturated carbocycles. The quantitative estimate of drug-likeness (QED) is 0.248. The highest BCUT2D eigenvalue weighted by Gasteiger charge is 2.71. The normalized spacial score (nSPS) is 32.8. The number of thioether (sulfide) groups is 1. The van der Waals surface area contributed by atoms with Crippen LogP contribution in [0.25, 0.3) is 11.8 Å². The van der Waals surface area contributed by atoms with Crippen molar-refractivity contribution in [3.05, 3.63) is 77.3 Å². The average Bonchev–Trinajstić information content (AvgIpc) is 3.75. The number of rotatable bonds is 6. The lowest BCUT2D eigenvalue weighted by atomic mass is 9.45. The zero-order valence-corrected chi connectivity index (χ0v) is 26.8. The van der Waals surface area contributed by atoms with Gasteiger partial charge in [0.05, 0.1) is 29.9 Å². The Morgan fingerprint density at radius 3 is 2.67 bits per heavy atom. The zero-order chi connectivity index (χ0) is 32.4. The molecule has 11 heteroatoms. The topological polar surface area (TPSA) is 121 Å². The van der Waals surface area contributed by atoms with Gasteiger partial charge in [0.15, 0.2) is 5.60 Å². The van der Waals surface area contributed by atoms with E-state index in [1.54, 1.807) is 18.2 Å². The maximum atomic E-state index is 14.1. The van der Waals surface area contributed by atoms with Gasteiger partial charge in [-0.2, -0.15) is 5.10 Å². The Balaban J connectivity index is 1.21. The van der Waals surface area contributed by atoms with Gasteiger partial charge >= 0.3 is 11.9 Å². The Morgan fingerprint density at radius 2 is 1.96 bits per heavy atom. The molecule has 3 fully saturated rings. The maximum absolute atomic E-state index is 14.1. The van der Waals surface area contributed by atoms with Gasteiger partial charge in [-0.1, -0.05) is 19.4 Å². The number of carbonyl (C=O) groups excluding carboxylic acids is 3. The fourth-order valence-corrected chi connectivity index (χ4v) is 10.3. The number of esters is 2. The second-order valence-electron chi connectivity index (χ2n) is 13.6. The molecule has 0 amide bonds. The summed E-state index contributed by atoms with van der Waals surface area (Å²) in [4.78, 5) is 38.9. The van der Waals surface area contributed by atoms with Crippen LogP contribution in [0.15, 0.2) is 58.8 Å². The van der Waals surface area contributed by atoms with Crippen molar-refractivity contribution >= 4 is 34.9 Å². The molecule has 0 saturated heterocycles. The van der Waals surface area contributed by atoms with Crippen molar-refractivity contribution in [3.8, 4) is 5.69 Å². The fraction of sp³-hybridized carbons (Fsp3) is 0.486. The van der Waals surface area contributed by atoms with Gasteiger partial charge in [-0.25, -0.2) is 13.9 Å². The Kier molecular flexibility index (Phi) is 7.55. The molecule has 7 rings (SSSR count). The first-order chi connectivity index (χ1) is 22.0. The van der Waals surface area contributed by atoms with Gasteiger partial charge in [0.2, 0.25) is 10.9 Å². The lowest BCUT2D eigenvalue weighted by molar-refractivity contribution is -0.175. The van der Waals surface area contributed by atoms with Crippen molar-refractivity contribution in [3.63, 3.8) is 0 Å². The molecule has 4 aliphatic carbocycles. The van der Waals surface area contributed by atoms with Crippen LogP contribution in [0.5, 0.6) is 0 Å². The summed E-state index contributed by atoms with van der Waals surface area (Å²) < 4.78 is 32.0. The van der Waals surface area contributed by atoms with Crippen molar-refractivity contribution in [2.45, 2.75) is 71.0 Å². The summed E-state index contributed by atoms with van der Waals surface area (Å²) in [5.74, 6) is -1.72. The number of ether oxygens (including phenoxy) is 2. The third kappa shape index (κ3) is 4.68. The van der Waals surface area contributed by atoms with Crippen LogP contribution in [-0.2, 0) is 25.5 Å². The average molecular weight is 649 g/mol. The fourth-order valence-electron chi connectivity index (χ4n) is 9.39. The number of fused-ring (bicyclic) bond motifs is 6. The number of nitrogens with zero attached hydrogens (tertiary/aromatic N) is 2. The molecule has 0 spiro atoms. The summed E-state index contributed by atoms with van der Waals surface area (Å²) in [5, 5.41) is 16.4. The van der Waals surface area contributed by atoms with E-state index in [2.05, 4.69) is 18.1 Å². The molecular weight excluding hydrogens is 611 g/mol. The Labute approximate surface area is 270 Å².